The van der Waals surface area contributed by atoms with Gasteiger partial charge in [0.25, 0.3) is 5.88 Å². The van der Waals surface area contributed by atoms with E-state index in [2.05, 4.69) is 23.8 Å². The molecule has 0 bridgehead atoms. The molecule has 1 rings (SSSR count). The third kappa shape index (κ3) is 6.10. The molecule has 0 fully saturated rings. The Morgan fingerprint density at radius 2 is 2.18 bits per heavy atom. The normalized spacial score (nSPS) is 11.2. The van der Waals surface area contributed by atoms with Gasteiger partial charge < -0.3 is 14.4 Å². The number of methoxy groups -OCH3 is 1. The van der Waals surface area contributed by atoms with Crippen molar-refractivity contribution in [3.05, 3.63) is 11.2 Å². The fourth-order valence-electron chi connectivity index (χ4n) is 1.69. The first-order chi connectivity index (χ1) is 10.5. The Morgan fingerprint density at radius 1 is 1.45 bits per heavy atom. The Morgan fingerprint density at radius 3 is 2.77 bits per heavy atom. The number of hydrogen-bond acceptors (Lipinski definition) is 4. The van der Waals surface area contributed by atoms with Gasteiger partial charge >= 0.3 is 0 Å². The lowest BCUT2D eigenvalue weighted by molar-refractivity contribution is 0.269. The third-order valence-corrected chi connectivity index (χ3v) is 3.45. The van der Waals surface area contributed by atoms with E-state index in [1.807, 2.05) is 18.9 Å². The number of rotatable bonds is 9. The van der Waals surface area contributed by atoms with E-state index in [0.717, 1.165) is 19.4 Å². The fourth-order valence-corrected chi connectivity index (χ4v) is 1.87. The van der Waals surface area contributed by atoms with Crippen LogP contribution in [0.5, 0.6) is 11.6 Å². The summed E-state index contributed by atoms with van der Waals surface area (Å²) in [6.45, 7) is 7.88. The average molecular weight is 328 g/mol. The third-order valence-electron chi connectivity index (χ3n) is 3.17. The van der Waals surface area contributed by atoms with Crippen molar-refractivity contribution in [1.82, 2.24) is 9.88 Å². The number of hydrogen-bond donors (Lipinski definition) is 0. The molecule has 0 aliphatic rings. The minimum absolute atomic E-state index is 0.306. The first-order valence-corrected chi connectivity index (χ1v) is 7.97. The van der Waals surface area contributed by atoms with E-state index in [1.54, 1.807) is 19.5 Å². The van der Waals surface area contributed by atoms with Crippen LogP contribution in [0.3, 0.4) is 0 Å². The summed E-state index contributed by atoms with van der Waals surface area (Å²) in [5, 5.41) is 0.306. The number of ether oxygens (including phenoxy) is 2. The quantitative estimate of drug-likeness (QED) is 0.295. The lowest BCUT2D eigenvalue weighted by Gasteiger charge is -2.12. The SMILES string of the molecule is CCN(C)C=Nc1cc(OC)c(OCCCC(C)C)nc1Cl. The largest absolute Gasteiger partial charge is 0.491 e. The maximum Gasteiger partial charge on any atom is 0.258 e. The van der Waals surface area contributed by atoms with Gasteiger partial charge in [-0.25, -0.2) is 4.99 Å². The van der Waals surface area contributed by atoms with Gasteiger partial charge in [0.2, 0.25) is 0 Å². The molecule has 5 nitrogen and oxygen atoms in total. The van der Waals surface area contributed by atoms with Crippen LogP contribution >= 0.6 is 11.6 Å². The van der Waals surface area contributed by atoms with Crippen molar-refractivity contribution in [3.63, 3.8) is 0 Å². The highest BCUT2D eigenvalue weighted by molar-refractivity contribution is 6.31. The molecule has 0 amide bonds. The Bertz CT molecular complexity index is 493. The van der Waals surface area contributed by atoms with Gasteiger partial charge in [-0.3, -0.25) is 0 Å². The Balaban J connectivity index is 2.79. The van der Waals surface area contributed by atoms with E-state index in [0.29, 0.717) is 35.0 Å². The molecule has 0 unspecified atom stereocenters. The van der Waals surface area contributed by atoms with Crippen LogP contribution < -0.4 is 9.47 Å². The number of aliphatic imine (C=N–C) groups is 1. The van der Waals surface area contributed by atoms with Gasteiger partial charge in [0.1, 0.15) is 5.69 Å². The first kappa shape index (κ1) is 18.6. The minimum atomic E-state index is 0.306. The second-order valence-electron chi connectivity index (χ2n) is 5.51. The summed E-state index contributed by atoms with van der Waals surface area (Å²) in [5.74, 6) is 1.62. The second kappa shape index (κ2) is 9.51. The average Bonchev–Trinajstić information content (AvgIpc) is 2.49. The summed E-state index contributed by atoms with van der Waals surface area (Å²) >= 11 is 6.17. The van der Waals surface area contributed by atoms with Crippen molar-refractivity contribution in [1.29, 1.82) is 0 Å². The topological polar surface area (TPSA) is 47.0 Å². The zero-order valence-electron chi connectivity index (χ0n) is 14.1. The van der Waals surface area contributed by atoms with Crippen LogP contribution in [0.1, 0.15) is 33.6 Å². The molecule has 124 valence electrons. The minimum Gasteiger partial charge on any atom is -0.491 e. The highest BCUT2D eigenvalue weighted by Gasteiger charge is 2.12. The zero-order valence-corrected chi connectivity index (χ0v) is 14.9. The van der Waals surface area contributed by atoms with E-state index in [4.69, 9.17) is 21.1 Å². The molecule has 6 heteroatoms. The highest BCUT2D eigenvalue weighted by Crippen LogP contribution is 2.34. The molecule has 0 atom stereocenters. The lowest BCUT2D eigenvalue weighted by atomic mass is 10.1. The highest BCUT2D eigenvalue weighted by atomic mass is 35.5. The summed E-state index contributed by atoms with van der Waals surface area (Å²) in [4.78, 5) is 10.5. The van der Waals surface area contributed by atoms with E-state index in [1.165, 1.54) is 0 Å². The van der Waals surface area contributed by atoms with Gasteiger partial charge in [0, 0.05) is 19.7 Å². The number of pyridine rings is 1. The predicted molar refractivity (Wildman–Crippen MR) is 91.8 cm³/mol. The molecule has 0 saturated carbocycles. The summed E-state index contributed by atoms with van der Waals surface area (Å²) in [5.41, 5.74) is 0.563. The van der Waals surface area contributed by atoms with Crippen molar-refractivity contribution in [2.45, 2.75) is 33.6 Å². The van der Waals surface area contributed by atoms with Crippen molar-refractivity contribution in [3.8, 4) is 11.6 Å². The van der Waals surface area contributed by atoms with E-state index in [-0.39, 0.29) is 0 Å². The van der Waals surface area contributed by atoms with Crippen molar-refractivity contribution < 1.29 is 9.47 Å². The van der Waals surface area contributed by atoms with Crippen LogP contribution in [0.15, 0.2) is 11.1 Å². The fraction of sp³-hybridized carbons (Fsp3) is 0.625. The smallest absolute Gasteiger partial charge is 0.258 e. The Hall–Kier alpha value is -1.49. The van der Waals surface area contributed by atoms with E-state index < -0.39 is 0 Å². The van der Waals surface area contributed by atoms with E-state index in [9.17, 15) is 0 Å². The summed E-state index contributed by atoms with van der Waals surface area (Å²) < 4.78 is 11.0. The second-order valence-corrected chi connectivity index (χ2v) is 5.87. The predicted octanol–water partition coefficient (Wildman–Crippen LogP) is 4.17. The lowest BCUT2D eigenvalue weighted by Crippen LogP contribution is -2.14. The molecule has 0 spiro atoms. The van der Waals surface area contributed by atoms with Gasteiger partial charge in [0.15, 0.2) is 10.9 Å². The molecular formula is C16H26ClN3O2. The van der Waals surface area contributed by atoms with E-state index >= 15 is 0 Å². The number of aromatic nitrogens is 1. The number of halogens is 1. The van der Waals surface area contributed by atoms with Crippen LogP contribution in [-0.2, 0) is 0 Å². The molecular weight excluding hydrogens is 302 g/mol. The maximum absolute atomic E-state index is 6.17. The standard InChI is InChI=1S/C16H26ClN3O2/c1-6-20(4)11-18-13-10-14(21-5)16(19-15(13)17)22-9-7-8-12(2)3/h10-12H,6-9H2,1-5H3. The molecule has 1 aromatic heterocycles. The van der Waals surface area contributed by atoms with Gasteiger partial charge in [0.05, 0.1) is 20.1 Å². The van der Waals surface area contributed by atoms with Crippen LogP contribution in [0.4, 0.5) is 5.69 Å². The molecule has 1 aromatic rings. The Labute approximate surface area is 138 Å². The van der Waals surface area contributed by atoms with Gasteiger partial charge in [-0.1, -0.05) is 25.4 Å². The molecule has 0 aromatic carbocycles. The molecule has 0 aliphatic heterocycles. The van der Waals surface area contributed by atoms with Crippen LogP contribution in [-0.4, -0.2) is 43.5 Å². The molecule has 22 heavy (non-hydrogen) atoms. The summed E-state index contributed by atoms with van der Waals surface area (Å²) in [6.07, 6.45) is 3.80. The molecule has 1 heterocycles. The van der Waals surface area contributed by atoms with Crippen molar-refractivity contribution in [2.24, 2.45) is 10.9 Å². The number of nitrogens with zero attached hydrogens (tertiary/aromatic N) is 3. The monoisotopic (exact) mass is 327 g/mol. The molecule has 0 saturated heterocycles. The van der Waals surface area contributed by atoms with Gasteiger partial charge in [-0.15, -0.1) is 0 Å². The van der Waals surface area contributed by atoms with Crippen LogP contribution in [0.2, 0.25) is 5.15 Å². The maximum atomic E-state index is 6.17. The zero-order chi connectivity index (χ0) is 16.5. The summed E-state index contributed by atoms with van der Waals surface area (Å²) in [6, 6.07) is 1.74. The first-order valence-electron chi connectivity index (χ1n) is 7.59. The van der Waals surface area contributed by atoms with Crippen LogP contribution in [0.25, 0.3) is 0 Å². The van der Waals surface area contributed by atoms with Crippen molar-refractivity contribution in [2.75, 3.05) is 27.3 Å². The van der Waals surface area contributed by atoms with Crippen molar-refractivity contribution >= 4 is 23.6 Å². The molecule has 0 aliphatic carbocycles. The van der Waals surface area contributed by atoms with Crippen LogP contribution in [0, 0.1) is 5.92 Å². The van der Waals surface area contributed by atoms with Gasteiger partial charge in [-0.05, 0) is 25.7 Å². The molecule has 0 N–H and O–H groups in total. The summed E-state index contributed by atoms with van der Waals surface area (Å²) in [7, 11) is 3.52. The van der Waals surface area contributed by atoms with Gasteiger partial charge in [-0.2, -0.15) is 4.98 Å². The Kier molecular flexibility index (Phi) is 8.02. The molecule has 0 radical (unpaired) electrons.